The Balaban J connectivity index is 1.97. The van der Waals surface area contributed by atoms with Gasteiger partial charge in [0.05, 0.1) is 28.4 Å². The molecule has 0 unspecified atom stereocenters. The number of methoxy groups -OCH3 is 1. The number of rotatable bonds is 7. The maximum absolute atomic E-state index is 11.8. The molecule has 5 nitrogen and oxygen atoms in total. The topological polar surface area (TPSA) is 63.2 Å². The summed E-state index contributed by atoms with van der Waals surface area (Å²) in [4.78, 5) is 16.4. The number of thiazole rings is 1. The largest absolute Gasteiger partial charge is 0.383 e. The molecule has 0 spiro atoms. The average molecular weight is 307 g/mol. The van der Waals surface area contributed by atoms with Gasteiger partial charge in [-0.05, 0) is 18.2 Å². The SMILES string of the molecule is COCCNCC(=O)Nc1ccc2nc(C(C)C)sc2c1. The van der Waals surface area contributed by atoms with Crippen molar-refractivity contribution in [3.8, 4) is 0 Å². The summed E-state index contributed by atoms with van der Waals surface area (Å²) in [6.07, 6.45) is 0. The summed E-state index contributed by atoms with van der Waals surface area (Å²) in [6, 6.07) is 5.82. The number of nitrogens with one attached hydrogen (secondary N) is 2. The van der Waals surface area contributed by atoms with Crippen LogP contribution in [0.3, 0.4) is 0 Å². The van der Waals surface area contributed by atoms with Crippen molar-refractivity contribution in [2.24, 2.45) is 0 Å². The molecule has 1 aromatic carbocycles. The third kappa shape index (κ3) is 4.49. The van der Waals surface area contributed by atoms with E-state index in [1.807, 2.05) is 18.2 Å². The van der Waals surface area contributed by atoms with Gasteiger partial charge in [-0.3, -0.25) is 4.79 Å². The van der Waals surface area contributed by atoms with Crippen LogP contribution in [0.4, 0.5) is 5.69 Å². The van der Waals surface area contributed by atoms with Crippen LogP contribution in [-0.2, 0) is 9.53 Å². The van der Waals surface area contributed by atoms with Crippen LogP contribution in [0, 0.1) is 0 Å². The van der Waals surface area contributed by atoms with E-state index in [2.05, 4.69) is 29.5 Å². The van der Waals surface area contributed by atoms with E-state index < -0.39 is 0 Å². The lowest BCUT2D eigenvalue weighted by molar-refractivity contribution is -0.115. The Hall–Kier alpha value is -1.50. The lowest BCUT2D eigenvalue weighted by Gasteiger charge is -2.06. The first-order chi connectivity index (χ1) is 10.1. The number of carbonyl (C=O) groups is 1. The van der Waals surface area contributed by atoms with Crippen molar-refractivity contribution in [2.45, 2.75) is 19.8 Å². The van der Waals surface area contributed by atoms with Crippen molar-refractivity contribution in [3.05, 3.63) is 23.2 Å². The molecule has 2 aromatic rings. The standard InChI is InChI=1S/C15H21N3O2S/c1-10(2)15-18-12-5-4-11(8-13(12)21-15)17-14(19)9-16-6-7-20-3/h4-5,8,10,16H,6-7,9H2,1-3H3,(H,17,19). The molecule has 1 heterocycles. The van der Waals surface area contributed by atoms with Crippen molar-refractivity contribution in [3.63, 3.8) is 0 Å². The van der Waals surface area contributed by atoms with Crippen molar-refractivity contribution < 1.29 is 9.53 Å². The van der Waals surface area contributed by atoms with Gasteiger partial charge in [-0.25, -0.2) is 4.98 Å². The molecule has 0 atom stereocenters. The summed E-state index contributed by atoms with van der Waals surface area (Å²) in [6.45, 7) is 5.80. The number of hydrogen-bond acceptors (Lipinski definition) is 5. The van der Waals surface area contributed by atoms with E-state index in [9.17, 15) is 4.79 Å². The van der Waals surface area contributed by atoms with Gasteiger partial charge < -0.3 is 15.4 Å². The van der Waals surface area contributed by atoms with Gasteiger partial charge in [0.25, 0.3) is 0 Å². The van der Waals surface area contributed by atoms with E-state index in [0.717, 1.165) is 20.9 Å². The second-order valence-corrected chi connectivity index (χ2v) is 6.17. The molecule has 1 aromatic heterocycles. The summed E-state index contributed by atoms with van der Waals surface area (Å²) in [5.41, 5.74) is 1.79. The number of fused-ring (bicyclic) bond motifs is 1. The summed E-state index contributed by atoms with van der Waals surface area (Å²) < 4.78 is 6.01. The molecule has 0 bridgehead atoms. The lowest BCUT2D eigenvalue weighted by atomic mass is 10.2. The van der Waals surface area contributed by atoms with E-state index in [1.54, 1.807) is 18.4 Å². The summed E-state index contributed by atoms with van der Waals surface area (Å²) in [7, 11) is 1.64. The quantitative estimate of drug-likeness (QED) is 0.772. The van der Waals surface area contributed by atoms with E-state index in [0.29, 0.717) is 19.1 Å². The smallest absolute Gasteiger partial charge is 0.238 e. The van der Waals surface area contributed by atoms with E-state index >= 15 is 0 Å². The monoisotopic (exact) mass is 307 g/mol. The molecule has 0 saturated heterocycles. The van der Waals surface area contributed by atoms with Crippen LogP contribution < -0.4 is 10.6 Å². The fourth-order valence-electron chi connectivity index (χ4n) is 1.85. The highest BCUT2D eigenvalue weighted by Crippen LogP contribution is 2.29. The van der Waals surface area contributed by atoms with Crippen molar-refractivity contribution in [1.29, 1.82) is 0 Å². The van der Waals surface area contributed by atoms with E-state index in [-0.39, 0.29) is 12.5 Å². The lowest BCUT2D eigenvalue weighted by Crippen LogP contribution is -2.30. The molecular weight excluding hydrogens is 286 g/mol. The van der Waals surface area contributed by atoms with Crippen molar-refractivity contribution >= 4 is 33.1 Å². The molecule has 0 aliphatic heterocycles. The molecule has 6 heteroatoms. The van der Waals surface area contributed by atoms with Crippen molar-refractivity contribution in [2.75, 3.05) is 32.1 Å². The first-order valence-corrected chi connectivity index (χ1v) is 7.82. The maximum Gasteiger partial charge on any atom is 0.238 e. The van der Waals surface area contributed by atoms with Crippen LogP contribution in [0.1, 0.15) is 24.8 Å². The summed E-state index contributed by atoms with van der Waals surface area (Å²) in [5.74, 6) is 0.365. The minimum absolute atomic E-state index is 0.0564. The second kappa shape index (κ2) is 7.49. The number of amides is 1. The van der Waals surface area contributed by atoms with Crippen LogP contribution in [0.25, 0.3) is 10.2 Å². The predicted octanol–water partition coefficient (Wildman–Crippen LogP) is 2.59. The molecule has 0 aliphatic rings. The van der Waals surface area contributed by atoms with Gasteiger partial charge in [0.2, 0.25) is 5.91 Å². The molecule has 0 radical (unpaired) electrons. The Labute approximate surface area is 128 Å². The fourth-order valence-corrected chi connectivity index (χ4v) is 2.86. The number of anilines is 1. The van der Waals surface area contributed by atoms with Crippen LogP contribution in [0.15, 0.2) is 18.2 Å². The zero-order valence-electron chi connectivity index (χ0n) is 12.6. The van der Waals surface area contributed by atoms with Crippen LogP contribution in [0.5, 0.6) is 0 Å². The molecule has 0 aliphatic carbocycles. The van der Waals surface area contributed by atoms with E-state index in [1.165, 1.54) is 0 Å². The van der Waals surface area contributed by atoms with Gasteiger partial charge in [0.1, 0.15) is 0 Å². The van der Waals surface area contributed by atoms with Crippen molar-refractivity contribution in [1.82, 2.24) is 10.3 Å². The van der Waals surface area contributed by atoms with Gasteiger partial charge in [-0.15, -0.1) is 11.3 Å². The Morgan fingerprint density at radius 3 is 2.95 bits per heavy atom. The minimum Gasteiger partial charge on any atom is -0.383 e. The number of ether oxygens (including phenoxy) is 1. The van der Waals surface area contributed by atoms with Gasteiger partial charge in [-0.1, -0.05) is 13.8 Å². The second-order valence-electron chi connectivity index (χ2n) is 5.11. The average Bonchev–Trinajstić information content (AvgIpc) is 2.87. The minimum atomic E-state index is -0.0564. The third-order valence-corrected chi connectivity index (χ3v) is 4.27. The molecular formula is C15H21N3O2S. The molecule has 0 saturated carbocycles. The fraction of sp³-hybridized carbons (Fsp3) is 0.467. The highest BCUT2D eigenvalue weighted by molar-refractivity contribution is 7.18. The predicted molar refractivity (Wildman–Crippen MR) is 87.1 cm³/mol. The number of aromatic nitrogens is 1. The molecule has 1 amide bonds. The number of carbonyl (C=O) groups excluding carboxylic acids is 1. The van der Waals surface area contributed by atoms with Gasteiger partial charge in [0, 0.05) is 25.3 Å². The summed E-state index contributed by atoms with van der Waals surface area (Å²) >= 11 is 1.68. The number of hydrogen-bond donors (Lipinski definition) is 2. The highest BCUT2D eigenvalue weighted by Gasteiger charge is 2.09. The summed E-state index contributed by atoms with van der Waals surface area (Å²) in [5, 5.41) is 7.02. The highest BCUT2D eigenvalue weighted by atomic mass is 32.1. The third-order valence-electron chi connectivity index (χ3n) is 2.95. The normalized spacial score (nSPS) is 11.2. The number of benzene rings is 1. The molecule has 21 heavy (non-hydrogen) atoms. The first-order valence-electron chi connectivity index (χ1n) is 7.00. The first kappa shape index (κ1) is 15.9. The van der Waals surface area contributed by atoms with E-state index in [4.69, 9.17) is 4.74 Å². The molecule has 114 valence electrons. The van der Waals surface area contributed by atoms with Gasteiger partial charge in [0.15, 0.2) is 0 Å². The van der Waals surface area contributed by atoms with Crippen LogP contribution in [-0.4, -0.2) is 37.7 Å². The molecule has 0 fully saturated rings. The maximum atomic E-state index is 11.8. The van der Waals surface area contributed by atoms with Gasteiger partial charge >= 0.3 is 0 Å². The molecule has 2 N–H and O–H groups in total. The van der Waals surface area contributed by atoms with Gasteiger partial charge in [-0.2, -0.15) is 0 Å². The van der Waals surface area contributed by atoms with Crippen LogP contribution in [0.2, 0.25) is 0 Å². The zero-order valence-corrected chi connectivity index (χ0v) is 13.4. The Morgan fingerprint density at radius 2 is 2.24 bits per heavy atom. The number of nitrogens with zero attached hydrogens (tertiary/aromatic N) is 1. The molecule has 2 rings (SSSR count). The zero-order chi connectivity index (χ0) is 15.2. The Bertz CT molecular complexity index is 610. The van der Waals surface area contributed by atoms with Crippen LogP contribution >= 0.6 is 11.3 Å². The Kier molecular flexibility index (Phi) is 5.67. The Morgan fingerprint density at radius 1 is 1.43 bits per heavy atom.